The largest absolute Gasteiger partial charge is 0.348 e. The molecule has 1 N–H and O–H groups in total. The molecule has 144 valence electrons. The molecule has 1 saturated heterocycles. The van der Waals surface area contributed by atoms with Gasteiger partial charge in [0.25, 0.3) is 5.91 Å². The number of aromatic amines is 1. The number of benzene rings is 1. The molecule has 7 nitrogen and oxygen atoms in total. The summed E-state index contributed by atoms with van der Waals surface area (Å²) in [7, 11) is 0. The van der Waals surface area contributed by atoms with Gasteiger partial charge in [0.15, 0.2) is 0 Å². The van der Waals surface area contributed by atoms with Crippen LogP contribution in [0.1, 0.15) is 53.5 Å². The number of fused-ring (bicyclic) bond motifs is 2. The zero-order valence-corrected chi connectivity index (χ0v) is 15.9. The fourth-order valence-corrected chi connectivity index (χ4v) is 4.56. The lowest BCUT2D eigenvalue weighted by Gasteiger charge is -2.50. The molecule has 1 aromatic heterocycles. The van der Waals surface area contributed by atoms with E-state index >= 15 is 0 Å². The van der Waals surface area contributed by atoms with Gasteiger partial charge in [-0.25, -0.2) is 4.98 Å². The summed E-state index contributed by atoms with van der Waals surface area (Å²) in [6.45, 7) is 3.61. The van der Waals surface area contributed by atoms with Crippen LogP contribution in [0.15, 0.2) is 30.6 Å². The molecule has 4 rings (SSSR count). The monoisotopic (exact) mass is 377 g/mol. The van der Waals surface area contributed by atoms with E-state index in [1.165, 1.54) is 0 Å². The Balaban J connectivity index is 1.61. The zero-order valence-electron chi connectivity index (χ0n) is 15.9. The lowest BCUT2D eigenvalue weighted by atomic mass is 9.78. The van der Waals surface area contributed by atoms with E-state index in [-0.39, 0.29) is 11.8 Å². The van der Waals surface area contributed by atoms with Crippen molar-refractivity contribution >= 4 is 11.8 Å². The first-order chi connectivity index (χ1) is 13.6. The molecule has 3 heterocycles. The molecule has 1 spiro atoms. The average molecular weight is 377 g/mol. The van der Waals surface area contributed by atoms with E-state index in [1.54, 1.807) is 35.5 Å². The van der Waals surface area contributed by atoms with Crippen LogP contribution in [0.2, 0.25) is 0 Å². The summed E-state index contributed by atoms with van der Waals surface area (Å²) >= 11 is 0. The van der Waals surface area contributed by atoms with Crippen molar-refractivity contribution in [1.82, 2.24) is 19.8 Å². The van der Waals surface area contributed by atoms with Crippen LogP contribution in [0.5, 0.6) is 0 Å². The van der Waals surface area contributed by atoms with Crippen LogP contribution in [0, 0.1) is 11.3 Å². The number of piperidine rings is 1. The lowest BCUT2D eigenvalue weighted by Crippen LogP contribution is -2.58. The number of amides is 2. The van der Waals surface area contributed by atoms with Crippen molar-refractivity contribution in [2.45, 2.75) is 38.1 Å². The van der Waals surface area contributed by atoms with E-state index in [0.29, 0.717) is 50.0 Å². The highest BCUT2D eigenvalue weighted by molar-refractivity contribution is 5.96. The fraction of sp³-hybridized carbons (Fsp3) is 0.429. The van der Waals surface area contributed by atoms with Crippen LogP contribution in [-0.2, 0) is 16.8 Å². The van der Waals surface area contributed by atoms with Gasteiger partial charge in [-0.3, -0.25) is 9.59 Å². The van der Waals surface area contributed by atoms with Crippen LogP contribution >= 0.6 is 0 Å². The minimum Gasteiger partial charge on any atom is -0.348 e. The molecule has 0 bridgehead atoms. The van der Waals surface area contributed by atoms with Crippen molar-refractivity contribution in [3.8, 4) is 6.07 Å². The van der Waals surface area contributed by atoms with Gasteiger partial charge in [-0.2, -0.15) is 5.26 Å². The second-order valence-corrected chi connectivity index (χ2v) is 7.36. The summed E-state index contributed by atoms with van der Waals surface area (Å²) in [5, 5.41) is 9.30. The van der Waals surface area contributed by atoms with E-state index in [1.807, 2.05) is 11.8 Å². The molecular weight excluding hydrogens is 354 g/mol. The lowest BCUT2D eigenvalue weighted by molar-refractivity contribution is -0.141. The Morgan fingerprint density at radius 2 is 2.00 bits per heavy atom. The Bertz CT molecular complexity index is 950. The quantitative estimate of drug-likeness (QED) is 0.868. The van der Waals surface area contributed by atoms with Gasteiger partial charge in [-0.15, -0.1) is 0 Å². The van der Waals surface area contributed by atoms with Gasteiger partial charge >= 0.3 is 0 Å². The van der Waals surface area contributed by atoms with Crippen molar-refractivity contribution in [1.29, 1.82) is 5.26 Å². The van der Waals surface area contributed by atoms with Crippen LogP contribution in [0.4, 0.5) is 0 Å². The third-order valence-corrected chi connectivity index (χ3v) is 6.02. The SMILES string of the molecule is CCC(=O)N1CCc2[nH]cnc2C12CCN(C(=O)c1ccccc1C#N)CC2. The molecule has 0 unspecified atom stereocenters. The molecule has 28 heavy (non-hydrogen) atoms. The summed E-state index contributed by atoms with van der Waals surface area (Å²) in [6, 6.07) is 9.00. The molecule has 0 saturated carbocycles. The first kappa shape index (κ1) is 18.2. The number of nitrogens with one attached hydrogen (secondary N) is 1. The summed E-state index contributed by atoms with van der Waals surface area (Å²) in [5.41, 5.74) is 2.42. The molecule has 2 aliphatic heterocycles. The predicted molar refractivity (Wildman–Crippen MR) is 102 cm³/mol. The van der Waals surface area contributed by atoms with Crippen LogP contribution in [0.25, 0.3) is 0 Å². The smallest absolute Gasteiger partial charge is 0.255 e. The Hall–Kier alpha value is -3.14. The van der Waals surface area contributed by atoms with E-state index < -0.39 is 5.54 Å². The molecule has 7 heteroatoms. The number of H-pyrrole nitrogens is 1. The average Bonchev–Trinajstić information content (AvgIpc) is 3.23. The molecular formula is C21H23N5O2. The van der Waals surface area contributed by atoms with Crippen LogP contribution in [0.3, 0.4) is 0 Å². The van der Waals surface area contributed by atoms with Crippen molar-refractivity contribution in [2.75, 3.05) is 19.6 Å². The number of aromatic nitrogens is 2. The van der Waals surface area contributed by atoms with E-state index in [4.69, 9.17) is 0 Å². The molecule has 2 aromatic rings. The Labute approximate surface area is 164 Å². The number of likely N-dealkylation sites (tertiary alicyclic amines) is 1. The second-order valence-electron chi connectivity index (χ2n) is 7.36. The standard InChI is InChI=1S/C21H23N5O2/c1-2-18(27)26-10-7-17-19(24-14-23-17)21(26)8-11-25(12-9-21)20(28)16-6-4-3-5-15(16)13-22/h3-6,14H,2,7-12H2,1H3,(H,23,24). The Morgan fingerprint density at radius 1 is 1.25 bits per heavy atom. The summed E-state index contributed by atoms with van der Waals surface area (Å²) < 4.78 is 0. The molecule has 0 aliphatic carbocycles. The Kier molecular flexibility index (Phi) is 4.63. The van der Waals surface area contributed by atoms with Gasteiger partial charge in [-0.05, 0) is 25.0 Å². The maximum Gasteiger partial charge on any atom is 0.255 e. The molecule has 1 fully saturated rings. The van der Waals surface area contributed by atoms with Crippen LogP contribution in [-0.4, -0.2) is 51.2 Å². The predicted octanol–water partition coefficient (Wildman–Crippen LogP) is 2.21. The number of carbonyl (C=O) groups excluding carboxylic acids is 2. The van der Waals surface area contributed by atoms with Gasteiger partial charge in [0.1, 0.15) is 0 Å². The normalized spacial score (nSPS) is 17.9. The maximum atomic E-state index is 13.0. The fourth-order valence-electron chi connectivity index (χ4n) is 4.56. The van der Waals surface area contributed by atoms with Crippen molar-refractivity contribution < 1.29 is 9.59 Å². The van der Waals surface area contributed by atoms with Crippen molar-refractivity contribution in [3.63, 3.8) is 0 Å². The minimum atomic E-state index is -0.452. The van der Waals surface area contributed by atoms with Gasteiger partial charge < -0.3 is 14.8 Å². The summed E-state index contributed by atoms with van der Waals surface area (Å²) in [6.07, 6.45) is 4.24. The van der Waals surface area contributed by atoms with Gasteiger partial charge in [0.05, 0.1) is 34.8 Å². The number of hydrogen-bond donors (Lipinski definition) is 1. The highest BCUT2D eigenvalue weighted by Crippen LogP contribution is 2.42. The van der Waals surface area contributed by atoms with Gasteiger partial charge in [0.2, 0.25) is 5.91 Å². The molecule has 2 amide bonds. The first-order valence-corrected chi connectivity index (χ1v) is 9.72. The molecule has 2 aliphatic rings. The van der Waals surface area contributed by atoms with Crippen LogP contribution < -0.4 is 0 Å². The Morgan fingerprint density at radius 3 is 2.71 bits per heavy atom. The van der Waals surface area contributed by atoms with E-state index in [0.717, 1.165) is 17.8 Å². The number of hydrogen-bond acceptors (Lipinski definition) is 4. The van der Waals surface area contributed by atoms with E-state index in [2.05, 4.69) is 16.0 Å². The topological polar surface area (TPSA) is 93.1 Å². The first-order valence-electron chi connectivity index (χ1n) is 9.72. The number of imidazole rings is 1. The highest BCUT2D eigenvalue weighted by atomic mass is 16.2. The molecule has 0 atom stereocenters. The summed E-state index contributed by atoms with van der Waals surface area (Å²) in [5.74, 6) is 0.00156. The molecule has 1 aromatic carbocycles. The highest BCUT2D eigenvalue weighted by Gasteiger charge is 2.48. The third-order valence-electron chi connectivity index (χ3n) is 6.02. The van der Waals surface area contributed by atoms with Gasteiger partial charge in [0, 0.05) is 38.2 Å². The minimum absolute atomic E-state index is 0.126. The second kappa shape index (κ2) is 7.12. The van der Waals surface area contributed by atoms with Crippen molar-refractivity contribution in [2.24, 2.45) is 0 Å². The number of nitrogens with zero attached hydrogens (tertiary/aromatic N) is 4. The van der Waals surface area contributed by atoms with Gasteiger partial charge in [-0.1, -0.05) is 19.1 Å². The molecule has 0 radical (unpaired) electrons. The zero-order chi connectivity index (χ0) is 19.7. The third kappa shape index (κ3) is 2.76. The number of rotatable bonds is 2. The van der Waals surface area contributed by atoms with E-state index in [9.17, 15) is 14.9 Å². The maximum absolute atomic E-state index is 13.0. The van der Waals surface area contributed by atoms with Crippen molar-refractivity contribution in [3.05, 3.63) is 53.1 Å². The number of carbonyl (C=O) groups is 2. The number of nitriles is 1. The summed E-state index contributed by atoms with van der Waals surface area (Å²) in [4.78, 5) is 37.2.